The number of benzene rings is 1. The number of hydrogen-bond donors (Lipinski definition) is 3. The lowest BCUT2D eigenvalue weighted by atomic mass is 10.2. The van der Waals surface area contributed by atoms with Crippen LogP contribution in [0.4, 0.5) is 0 Å². The Bertz CT molecular complexity index is 562. The Morgan fingerprint density at radius 3 is 2.41 bits per heavy atom. The van der Waals surface area contributed by atoms with Gasteiger partial charge >= 0.3 is 6.01 Å². The number of thioether (sulfide) groups is 1. The molecule has 1 aromatic heterocycles. The Balaban J connectivity index is 2.52. The molecule has 1 heterocycles. The standard InChI is InChI=1S/C10H9N3O3S/c1-17-10-12-8(11-9(16)13-10)5-2-3-6(14)7(15)4-5/h2-4,14-15H,1H3,(H,11,12,13,16). The number of hydrogen-bond acceptors (Lipinski definition) is 7. The lowest BCUT2D eigenvalue weighted by Crippen LogP contribution is -1.94. The molecule has 6 nitrogen and oxygen atoms in total. The van der Waals surface area contributed by atoms with E-state index in [-0.39, 0.29) is 23.3 Å². The van der Waals surface area contributed by atoms with Crippen molar-refractivity contribution < 1.29 is 15.3 Å². The van der Waals surface area contributed by atoms with E-state index in [0.717, 1.165) is 0 Å². The van der Waals surface area contributed by atoms with Crippen LogP contribution in [0.15, 0.2) is 23.4 Å². The van der Waals surface area contributed by atoms with Gasteiger partial charge in [0.15, 0.2) is 22.5 Å². The fourth-order valence-corrected chi connectivity index (χ4v) is 1.58. The summed E-state index contributed by atoms with van der Waals surface area (Å²) in [5.41, 5.74) is 0.480. The first-order valence-electron chi connectivity index (χ1n) is 4.61. The number of nitrogens with zero attached hydrogens (tertiary/aromatic N) is 3. The van der Waals surface area contributed by atoms with Crippen molar-refractivity contribution in [2.75, 3.05) is 6.26 Å². The van der Waals surface area contributed by atoms with E-state index in [1.54, 1.807) is 6.26 Å². The third kappa shape index (κ3) is 2.39. The van der Waals surface area contributed by atoms with E-state index in [4.69, 9.17) is 0 Å². The minimum Gasteiger partial charge on any atom is -0.504 e. The quantitative estimate of drug-likeness (QED) is 0.547. The van der Waals surface area contributed by atoms with Gasteiger partial charge in [-0.2, -0.15) is 9.97 Å². The maximum atomic E-state index is 9.37. The van der Waals surface area contributed by atoms with Crippen LogP contribution in [0.25, 0.3) is 11.4 Å². The number of aromatic hydroxyl groups is 3. The minimum absolute atomic E-state index is 0.225. The number of phenolic OH excluding ortho intramolecular Hbond substituents is 2. The summed E-state index contributed by atoms with van der Waals surface area (Å²) in [4.78, 5) is 11.5. The molecule has 0 saturated heterocycles. The molecule has 0 aliphatic carbocycles. The van der Waals surface area contributed by atoms with E-state index >= 15 is 0 Å². The van der Waals surface area contributed by atoms with Gasteiger partial charge in [0.2, 0.25) is 0 Å². The van der Waals surface area contributed by atoms with Crippen molar-refractivity contribution in [1.29, 1.82) is 0 Å². The predicted octanol–water partition coefficient (Wildman–Crippen LogP) is 1.38. The molecule has 0 bridgehead atoms. The van der Waals surface area contributed by atoms with Gasteiger partial charge in [0, 0.05) is 5.56 Å². The minimum atomic E-state index is -0.382. The lowest BCUT2D eigenvalue weighted by molar-refractivity contribution is 0.404. The summed E-state index contributed by atoms with van der Waals surface area (Å²) in [7, 11) is 0. The molecule has 0 fully saturated rings. The van der Waals surface area contributed by atoms with E-state index in [2.05, 4.69) is 15.0 Å². The SMILES string of the molecule is CSc1nc(O)nc(-c2ccc(O)c(O)c2)n1. The molecule has 1 aromatic carbocycles. The van der Waals surface area contributed by atoms with Crippen LogP contribution in [-0.4, -0.2) is 36.5 Å². The summed E-state index contributed by atoms with van der Waals surface area (Å²) in [6.45, 7) is 0. The number of phenols is 2. The van der Waals surface area contributed by atoms with E-state index in [0.29, 0.717) is 10.7 Å². The Kier molecular flexibility index (Phi) is 3.01. The van der Waals surface area contributed by atoms with E-state index in [1.165, 1.54) is 30.0 Å². The molecule has 0 amide bonds. The predicted molar refractivity (Wildman–Crippen MR) is 62.0 cm³/mol. The maximum Gasteiger partial charge on any atom is 0.318 e. The molecule has 17 heavy (non-hydrogen) atoms. The van der Waals surface area contributed by atoms with Gasteiger partial charge in [0.25, 0.3) is 0 Å². The molecular formula is C10H9N3O3S. The van der Waals surface area contributed by atoms with E-state index in [9.17, 15) is 15.3 Å². The largest absolute Gasteiger partial charge is 0.504 e. The third-order valence-corrected chi connectivity index (χ3v) is 2.57. The molecule has 0 saturated carbocycles. The van der Waals surface area contributed by atoms with Crippen molar-refractivity contribution in [1.82, 2.24) is 15.0 Å². The highest BCUT2D eigenvalue weighted by Crippen LogP contribution is 2.29. The van der Waals surface area contributed by atoms with Crippen molar-refractivity contribution in [3.05, 3.63) is 18.2 Å². The Hall–Kier alpha value is -2.02. The summed E-state index contributed by atoms with van der Waals surface area (Å²) in [5, 5.41) is 28.3. The van der Waals surface area contributed by atoms with Gasteiger partial charge in [-0.15, -0.1) is 0 Å². The van der Waals surface area contributed by atoms with Gasteiger partial charge in [-0.05, 0) is 24.5 Å². The number of rotatable bonds is 2. The Morgan fingerprint density at radius 1 is 1.00 bits per heavy atom. The lowest BCUT2D eigenvalue weighted by Gasteiger charge is -2.04. The van der Waals surface area contributed by atoms with Gasteiger partial charge in [-0.3, -0.25) is 0 Å². The zero-order valence-corrected chi connectivity index (χ0v) is 9.64. The molecule has 0 unspecified atom stereocenters. The van der Waals surface area contributed by atoms with Crippen LogP contribution in [0, 0.1) is 0 Å². The first-order chi connectivity index (χ1) is 8.10. The van der Waals surface area contributed by atoms with Crippen molar-refractivity contribution in [3.8, 4) is 28.9 Å². The molecule has 0 atom stereocenters. The molecule has 2 rings (SSSR count). The average Bonchev–Trinajstić information content (AvgIpc) is 2.32. The van der Waals surface area contributed by atoms with E-state index in [1.807, 2.05) is 0 Å². The summed E-state index contributed by atoms with van der Waals surface area (Å²) in [6, 6.07) is 3.79. The first kappa shape index (κ1) is 11.5. The molecule has 2 aromatic rings. The Morgan fingerprint density at radius 2 is 1.76 bits per heavy atom. The molecular weight excluding hydrogens is 242 g/mol. The second-order valence-corrected chi connectivity index (χ2v) is 3.92. The smallest absolute Gasteiger partial charge is 0.318 e. The van der Waals surface area contributed by atoms with Crippen LogP contribution in [0.3, 0.4) is 0 Å². The second-order valence-electron chi connectivity index (χ2n) is 3.15. The molecule has 3 N–H and O–H groups in total. The van der Waals surface area contributed by atoms with Crippen molar-refractivity contribution >= 4 is 11.8 Å². The van der Waals surface area contributed by atoms with Crippen LogP contribution in [0.1, 0.15) is 0 Å². The van der Waals surface area contributed by atoms with E-state index < -0.39 is 0 Å². The number of aromatic nitrogens is 3. The van der Waals surface area contributed by atoms with Gasteiger partial charge in [-0.25, -0.2) is 4.98 Å². The van der Waals surface area contributed by atoms with Gasteiger partial charge in [-0.1, -0.05) is 11.8 Å². The zero-order chi connectivity index (χ0) is 12.4. The van der Waals surface area contributed by atoms with Gasteiger partial charge in [0.1, 0.15) is 0 Å². The zero-order valence-electron chi connectivity index (χ0n) is 8.82. The van der Waals surface area contributed by atoms with Gasteiger partial charge in [0.05, 0.1) is 0 Å². The Labute approximate surface area is 101 Å². The van der Waals surface area contributed by atoms with Crippen LogP contribution in [0.2, 0.25) is 0 Å². The molecule has 0 radical (unpaired) electrons. The highest BCUT2D eigenvalue weighted by Gasteiger charge is 2.09. The van der Waals surface area contributed by atoms with Crippen molar-refractivity contribution in [2.45, 2.75) is 5.16 Å². The molecule has 0 spiro atoms. The van der Waals surface area contributed by atoms with Crippen LogP contribution in [-0.2, 0) is 0 Å². The highest BCUT2D eigenvalue weighted by molar-refractivity contribution is 7.98. The van der Waals surface area contributed by atoms with Crippen molar-refractivity contribution in [3.63, 3.8) is 0 Å². The van der Waals surface area contributed by atoms with Crippen LogP contribution >= 0.6 is 11.8 Å². The normalized spacial score (nSPS) is 10.4. The topological polar surface area (TPSA) is 99.4 Å². The summed E-state index contributed by atoms with van der Waals surface area (Å²) in [6.07, 6.45) is 1.77. The van der Waals surface area contributed by atoms with Gasteiger partial charge < -0.3 is 15.3 Å². The highest BCUT2D eigenvalue weighted by atomic mass is 32.2. The summed E-state index contributed by atoms with van der Waals surface area (Å²) >= 11 is 1.27. The fraction of sp³-hybridized carbons (Fsp3) is 0.100. The molecule has 0 aliphatic rings. The maximum absolute atomic E-state index is 9.37. The van der Waals surface area contributed by atoms with Crippen LogP contribution < -0.4 is 0 Å². The molecule has 7 heteroatoms. The summed E-state index contributed by atoms with van der Waals surface area (Å²) in [5.74, 6) is -0.262. The fourth-order valence-electron chi connectivity index (χ4n) is 1.23. The molecule has 0 aliphatic heterocycles. The monoisotopic (exact) mass is 251 g/mol. The molecule has 88 valence electrons. The van der Waals surface area contributed by atoms with Crippen LogP contribution in [0.5, 0.6) is 17.5 Å². The summed E-state index contributed by atoms with van der Waals surface area (Å²) < 4.78 is 0. The average molecular weight is 251 g/mol. The van der Waals surface area contributed by atoms with Crippen molar-refractivity contribution in [2.24, 2.45) is 0 Å². The second kappa shape index (κ2) is 4.46. The first-order valence-corrected chi connectivity index (χ1v) is 5.84. The third-order valence-electron chi connectivity index (χ3n) is 2.02.